The Hall–Kier alpha value is -2.18. The molecule has 0 aliphatic carbocycles. The lowest BCUT2D eigenvalue weighted by molar-refractivity contribution is -0.137. The minimum atomic E-state index is -0.720. The monoisotopic (exact) mass is 442 g/mol. The summed E-state index contributed by atoms with van der Waals surface area (Å²) in [6.07, 6.45) is 13.8. The molecule has 1 aromatic rings. The van der Waals surface area contributed by atoms with Crippen molar-refractivity contribution in [2.45, 2.75) is 76.5 Å². The Morgan fingerprint density at radius 2 is 1.81 bits per heavy atom. The van der Waals surface area contributed by atoms with Crippen molar-refractivity contribution in [3.63, 3.8) is 0 Å². The van der Waals surface area contributed by atoms with E-state index in [1.54, 1.807) is 0 Å². The molecule has 1 aromatic carbocycles. The fourth-order valence-electron chi connectivity index (χ4n) is 5.03. The summed E-state index contributed by atoms with van der Waals surface area (Å²) in [6, 6.07) is 9.94. The van der Waals surface area contributed by atoms with E-state index < -0.39 is 5.97 Å². The van der Waals surface area contributed by atoms with Gasteiger partial charge in [-0.1, -0.05) is 48.9 Å². The number of carbonyl (C=O) groups is 2. The fourth-order valence-corrected chi connectivity index (χ4v) is 5.03. The van der Waals surface area contributed by atoms with Crippen LogP contribution in [-0.2, 0) is 20.9 Å². The lowest BCUT2D eigenvalue weighted by Gasteiger charge is -2.27. The Balaban J connectivity index is 1.26. The smallest absolute Gasteiger partial charge is 0.303 e. The van der Waals surface area contributed by atoms with Crippen molar-refractivity contribution in [2.24, 2.45) is 11.8 Å². The summed E-state index contributed by atoms with van der Waals surface area (Å²) in [5.74, 6) is 0.542. The Morgan fingerprint density at radius 1 is 1.03 bits per heavy atom. The second kappa shape index (κ2) is 13.4. The minimum absolute atomic E-state index is 0.0329. The Bertz CT molecular complexity index is 737. The third-order valence-corrected chi connectivity index (χ3v) is 6.69. The fraction of sp³-hybridized carbons (Fsp3) is 0.615. The van der Waals surface area contributed by atoms with E-state index in [0.717, 1.165) is 37.8 Å². The van der Waals surface area contributed by atoms with Crippen LogP contribution in [0.2, 0.25) is 0 Å². The van der Waals surface area contributed by atoms with Crippen molar-refractivity contribution in [2.75, 3.05) is 13.1 Å². The highest BCUT2D eigenvalue weighted by Gasteiger charge is 2.47. The highest BCUT2D eigenvalue weighted by atomic mass is 16.5. The number of aliphatic carboxylic acids is 1. The number of fused-ring (bicyclic) bond motifs is 2. The maximum Gasteiger partial charge on any atom is 0.303 e. The predicted octanol–water partition coefficient (Wildman–Crippen LogP) is 4.06. The number of carboxylic acids is 1. The van der Waals surface area contributed by atoms with E-state index >= 15 is 0 Å². The molecule has 4 atom stereocenters. The van der Waals surface area contributed by atoms with E-state index in [0.29, 0.717) is 43.6 Å². The van der Waals surface area contributed by atoms with Gasteiger partial charge in [0.2, 0.25) is 5.91 Å². The molecule has 3 rings (SSSR count). The van der Waals surface area contributed by atoms with Crippen LogP contribution in [0.15, 0.2) is 42.5 Å². The normalized spacial score (nSPS) is 24.2. The van der Waals surface area contributed by atoms with Crippen LogP contribution in [0.5, 0.6) is 0 Å². The quantitative estimate of drug-likeness (QED) is 0.282. The third-order valence-electron chi connectivity index (χ3n) is 6.69. The number of unbranched alkanes of at least 4 members (excludes halogenated alkanes) is 2. The average molecular weight is 443 g/mol. The van der Waals surface area contributed by atoms with Crippen molar-refractivity contribution in [1.82, 2.24) is 10.6 Å². The van der Waals surface area contributed by atoms with Crippen LogP contribution in [0.3, 0.4) is 0 Å². The molecule has 6 heteroatoms. The van der Waals surface area contributed by atoms with Gasteiger partial charge in [0.15, 0.2) is 0 Å². The molecule has 0 aromatic heterocycles. The summed E-state index contributed by atoms with van der Waals surface area (Å²) in [7, 11) is 0. The SMILES string of the molecule is O=C(O)CCCC=CC[C@@H]1[C@@H](CCCCNCC(=O)NCc2ccccc2)[C@@H]2CC[C@H]1O2. The number of nitrogens with one attached hydrogen (secondary N) is 2. The molecule has 32 heavy (non-hydrogen) atoms. The van der Waals surface area contributed by atoms with Crippen LogP contribution in [0.25, 0.3) is 0 Å². The molecule has 0 spiro atoms. The number of ether oxygens (including phenoxy) is 1. The molecule has 1 amide bonds. The Labute approximate surface area is 191 Å². The first-order valence-corrected chi connectivity index (χ1v) is 12.2. The van der Waals surface area contributed by atoms with E-state index in [-0.39, 0.29) is 12.3 Å². The van der Waals surface area contributed by atoms with Crippen LogP contribution in [0.1, 0.15) is 63.4 Å². The van der Waals surface area contributed by atoms with Gasteiger partial charge in [0.1, 0.15) is 0 Å². The van der Waals surface area contributed by atoms with Gasteiger partial charge in [-0.25, -0.2) is 0 Å². The minimum Gasteiger partial charge on any atom is -0.481 e. The first-order chi connectivity index (χ1) is 15.6. The largest absolute Gasteiger partial charge is 0.481 e. The zero-order valence-corrected chi connectivity index (χ0v) is 19.0. The molecule has 0 radical (unpaired) electrons. The highest BCUT2D eigenvalue weighted by Crippen LogP contribution is 2.47. The summed E-state index contributed by atoms with van der Waals surface area (Å²) in [5, 5.41) is 14.9. The van der Waals surface area contributed by atoms with Gasteiger partial charge < -0.3 is 20.5 Å². The van der Waals surface area contributed by atoms with E-state index in [4.69, 9.17) is 9.84 Å². The number of benzene rings is 1. The maximum absolute atomic E-state index is 12.0. The van der Waals surface area contributed by atoms with Crippen LogP contribution in [0, 0.1) is 11.8 Å². The first kappa shape index (κ1) is 24.5. The van der Waals surface area contributed by atoms with E-state index in [1.807, 2.05) is 30.3 Å². The van der Waals surface area contributed by atoms with Gasteiger partial charge in [-0.15, -0.1) is 0 Å². The summed E-state index contributed by atoms with van der Waals surface area (Å²) in [6.45, 7) is 1.79. The highest BCUT2D eigenvalue weighted by molar-refractivity contribution is 5.77. The van der Waals surface area contributed by atoms with Crippen LogP contribution < -0.4 is 10.6 Å². The first-order valence-electron chi connectivity index (χ1n) is 12.2. The molecule has 2 saturated heterocycles. The second-order valence-corrected chi connectivity index (χ2v) is 9.05. The Morgan fingerprint density at radius 3 is 2.59 bits per heavy atom. The summed E-state index contributed by atoms with van der Waals surface area (Å²) in [5.41, 5.74) is 1.11. The molecular formula is C26H38N2O4. The average Bonchev–Trinajstić information content (AvgIpc) is 3.39. The van der Waals surface area contributed by atoms with Crippen LogP contribution in [0.4, 0.5) is 0 Å². The van der Waals surface area contributed by atoms with Gasteiger partial charge in [0, 0.05) is 13.0 Å². The summed E-state index contributed by atoms with van der Waals surface area (Å²) < 4.78 is 6.20. The van der Waals surface area contributed by atoms with Crippen molar-refractivity contribution in [1.29, 1.82) is 0 Å². The number of rotatable bonds is 15. The topological polar surface area (TPSA) is 87.7 Å². The predicted molar refractivity (Wildman–Crippen MR) is 125 cm³/mol. The van der Waals surface area contributed by atoms with E-state index in [1.165, 1.54) is 19.3 Å². The third kappa shape index (κ3) is 8.06. The van der Waals surface area contributed by atoms with Gasteiger partial charge in [0.05, 0.1) is 18.8 Å². The van der Waals surface area contributed by atoms with Crippen molar-refractivity contribution < 1.29 is 19.4 Å². The van der Waals surface area contributed by atoms with Gasteiger partial charge >= 0.3 is 5.97 Å². The van der Waals surface area contributed by atoms with Crippen molar-refractivity contribution in [3.05, 3.63) is 48.0 Å². The van der Waals surface area contributed by atoms with Gasteiger partial charge in [-0.05, 0) is 68.9 Å². The molecule has 6 nitrogen and oxygen atoms in total. The number of hydrogen-bond acceptors (Lipinski definition) is 4. The molecule has 2 aliphatic rings. The molecule has 2 aliphatic heterocycles. The van der Waals surface area contributed by atoms with E-state index in [9.17, 15) is 9.59 Å². The van der Waals surface area contributed by atoms with Crippen LogP contribution in [-0.4, -0.2) is 42.3 Å². The van der Waals surface area contributed by atoms with Gasteiger partial charge in [0.25, 0.3) is 0 Å². The van der Waals surface area contributed by atoms with Gasteiger partial charge in [-0.3, -0.25) is 9.59 Å². The second-order valence-electron chi connectivity index (χ2n) is 9.05. The molecule has 3 N–H and O–H groups in total. The molecule has 2 bridgehead atoms. The molecular weight excluding hydrogens is 404 g/mol. The van der Waals surface area contributed by atoms with E-state index in [2.05, 4.69) is 22.8 Å². The number of carbonyl (C=O) groups excluding carboxylic acids is 1. The van der Waals surface area contributed by atoms with Crippen LogP contribution >= 0.6 is 0 Å². The van der Waals surface area contributed by atoms with Crippen molar-refractivity contribution >= 4 is 11.9 Å². The lowest BCUT2D eigenvalue weighted by atomic mass is 9.75. The molecule has 0 unspecified atom stereocenters. The Kier molecular flexibility index (Phi) is 10.2. The molecule has 2 fully saturated rings. The summed E-state index contributed by atoms with van der Waals surface area (Å²) >= 11 is 0. The van der Waals surface area contributed by atoms with Crippen molar-refractivity contribution in [3.8, 4) is 0 Å². The number of carboxylic acid groups (broad SMARTS) is 1. The zero-order chi connectivity index (χ0) is 22.6. The number of allylic oxidation sites excluding steroid dienone is 2. The molecule has 2 heterocycles. The number of hydrogen-bond donors (Lipinski definition) is 3. The molecule has 176 valence electrons. The zero-order valence-electron chi connectivity index (χ0n) is 19.0. The summed E-state index contributed by atoms with van der Waals surface area (Å²) in [4.78, 5) is 22.6. The number of amides is 1. The lowest BCUT2D eigenvalue weighted by Crippen LogP contribution is -2.34. The maximum atomic E-state index is 12.0. The van der Waals surface area contributed by atoms with Gasteiger partial charge in [-0.2, -0.15) is 0 Å². The molecule has 0 saturated carbocycles. The standard InChI is InChI=1S/C26H38N2O4/c29-25(28-18-20-10-4-3-5-11-20)19-27-17-9-8-13-22-21(23-15-16-24(22)32-23)12-6-1-2-7-14-26(30)31/h1,3-6,10-11,21-24,27H,2,7-9,12-19H2,(H,28,29)(H,30,31)/t21-,22-,23-,24+/m1/s1.